The van der Waals surface area contributed by atoms with Gasteiger partial charge in [-0.2, -0.15) is 0 Å². The van der Waals surface area contributed by atoms with Crippen molar-refractivity contribution in [1.29, 1.82) is 0 Å². The molecule has 3 aromatic carbocycles. The highest BCUT2D eigenvalue weighted by Crippen LogP contribution is 2.29. The summed E-state index contributed by atoms with van der Waals surface area (Å²) in [7, 11) is -3.42. The summed E-state index contributed by atoms with van der Waals surface area (Å²) >= 11 is 0. The van der Waals surface area contributed by atoms with Crippen LogP contribution in [0.25, 0.3) is 0 Å². The number of anilines is 2. The molecule has 36 heavy (non-hydrogen) atoms. The normalized spacial score (nSPS) is 11.7. The third-order valence-corrected chi connectivity index (χ3v) is 8.25. The highest BCUT2D eigenvalue weighted by molar-refractivity contribution is 7.92. The maximum Gasteiger partial charge on any atom is 0.261 e. The summed E-state index contributed by atoms with van der Waals surface area (Å²) in [6.07, 6.45) is 0. The lowest BCUT2D eigenvalue weighted by molar-refractivity contribution is 0.102. The highest BCUT2D eigenvalue weighted by Gasteiger charge is 2.20. The van der Waals surface area contributed by atoms with E-state index in [0.29, 0.717) is 18.0 Å². The first kappa shape index (κ1) is 27.0. The van der Waals surface area contributed by atoms with E-state index in [1.54, 1.807) is 24.3 Å². The molecule has 3 rings (SSSR count). The number of hydrogen-bond acceptors (Lipinski definition) is 7. The van der Waals surface area contributed by atoms with Crippen molar-refractivity contribution in [3.63, 3.8) is 0 Å². The summed E-state index contributed by atoms with van der Waals surface area (Å²) in [5.74, 6) is 0.286. The first-order valence-corrected chi connectivity index (χ1v) is 13.7. The lowest BCUT2D eigenvalue weighted by atomic mass is 10.2. The Balaban J connectivity index is 1.83. The Kier molecular flexibility index (Phi) is 8.23. The molecule has 0 heterocycles. The molecule has 0 aromatic heterocycles. The Morgan fingerprint density at radius 3 is 2.06 bits per heavy atom. The van der Waals surface area contributed by atoms with Crippen LogP contribution < -0.4 is 19.5 Å². The number of hydrogen-bond donors (Lipinski definition) is 2. The van der Waals surface area contributed by atoms with E-state index >= 15 is 0 Å². The Morgan fingerprint density at radius 1 is 0.889 bits per heavy atom. The summed E-state index contributed by atoms with van der Waals surface area (Å²) in [5.41, 5.74) is 0.644. The molecule has 0 saturated carbocycles. The largest absolute Gasteiger partial charge is 0.495 e. The van der Waals surface area contributed by atoms with Gasteiger partial charge in [-0.05, 0) is 73.7 Å². The van der Waals surface area contributed by atoms with Gasteiger partial charge in [0.05, 0.1) is 29.2 Å². The molecule has 0 radical (unpaired) electrons. The van der Waals surface area contributed by atoms with Gasteiger partial charge in [0.1, 0.15) is 11.5 Å². The molecule has 0 spiro atoms. The molecule has 12 heteroatoms. The van der Waals surface area contributed by atoms with Gasteiger partial charge in [0.15, 0.2) is 0 Å². The number of nitrogens with zero attached hydrogens (tertiary/aromatic N) is 1. The van der Waals surface area contributed by atoms with E-state index in [-0.39, 0.29) is 26.8 Å². The predicted molar refractivity (Wildman–Crippen MR) is 137 cm³/mol. The highest BCUT2D eigenvalue weighted by atomic mass is 32.2. The third-order valence-electron chi connectivity index (χ3n) is 5.04. The van der Waals surface area contributed by atoms with Crippen LogP contribution in [-0.4, -0.2) is 54.9 Å². The van der Waals surface area contributed by atoms with Gasteiger partial charge in [-0.3, -0.25) is 9.52 Å². The molecule has 0 saturated heterocycles. The van der Waals surface area contributed by atoms with Crippen LogP contribution in [0.1, 0.15) is 17.3 Å². The standard InChI is InChI=1S/C24H27N3O7S2/c1-5-34-19-10-8-18(9-11-19)26-35(29,30)21-14-15-23(33-4)22(16-21)25-24(28)17-6-12-20(13-7-17)36(31,32)27(2)3/h6-16,26H,5H2,1-4H3,(H,25,28). The number of ether oxygens (including phenoxy) is 2. The number of benzene rings is 3. The van der Waals surface area contributed by atoms with E-state index in [0.717, 1.165) is 4.31 Å². The Morgan fingerprint density at radius 2 is 1.50 bits per heavy atom. The molecule has 2 N–H and O–H groups in total. The van der Waals surface area contributed by atoms with Crippen LogP contribution in [0.15, 0.2) is 76.5 Å². The molecular formula is C24H27N3O7S2. The van der Waals surface area contributed by atoms with Gasteiger partial charge in [-0.1, -0.05) is 0 Å². The minimum absolute atomic E-state index is 0.0371. The van der Waals surface area contributed by atoms with E-state index in [9.17, 15) is 21.6 Å². The van der Waals surface area contributed by atoms with Crippen LogP contribution >= 0.6 is 0 Å². The third kappa shape index (κ3) is 6.14. The molecule has 0 fully saturated rings. The van der Waals surface area contributed by atoms with Gasteiger partial charge < -0.3 is 14.8 Å². The molecular weight excluding hydrogens is 506 g/mol. The molecule has 0 aliphatic carbocycles. The van der Waals surface area contributed by atoms with E-state index in [4.69, 9.17) is 9.47 Å². The van der Waals surface area contributed by atoms with Crippen molar-refractivity contribution in [1.82, 2.24) is 4.31 Å². The number of methoxy groups -OCH3 is 1. The summed E-state index contributed by atoms with van der Waals surface area (Å²) in [6, 6.07) is 15.9. The molecule has 1 amide bonds. The number of nitrogens with one attached hydrogen (secondary N) is 2. The minimum Gasteiger partial charge on any atom is -0.495 e. The van der Waals surface area contributed by atoms with Crippen LogP contribution in [0.4, 0.5) is 11.4 Å². The number of sulfonamides is 2. The summed E-state index contributed by atoms with van der Waals surface area (Å²) in [4.78, 5) is 12.8. The second-order valence-corrected chi connectivity index (χ2v) is 11.5. The van der Waals surface area contributed by atoms with Gasteiger partial charge >= 0.3 is 0 Å². The van der Waals surface area contributed by atoms with Gasteiger partial charge in [0.2, 0.25) is 10.0 Å². The van der Waals surface area contributed by atoms with Crippen molar-refractivity contribution in [2.45, 2.75) is 16.7 Å². The molecule has 0 atom stereocenters. The van der Waals surface area contributed by atoms with Crippen LogP contribution in [0.2, 0.25) is 0 Å². The predicted octanol–water partition coefficient (Wildman–Crippen LogP) is 3.40. The Hall–Kier alpha value is -3.61. The fourth-order valence-corrected chi connectivity index (χ4v) is 5.12. The van der Waals surface area contributed by atoms with Gasteiger partial charge in [-0.15, -0.1) is 0 Å². The van der Waals surface area contributed by atoms with Crippen LogP contribution in [0.5, 0.6) is 11.5 Å². The number of carbonyl (C=O) groups is 1. The summed E-state index contributed by atoms with van der Waals surface area (Å²) in [5, 5.41) is 2.62. The summed E-state index contributed by atoms with van der Waals surface area (Å²) < 4.78 is 64.6. The molecule has 0 aliphatic heterocycles. The van der Waals surface area contributed by atoms with Crippen LogP contribution in [0, 0.1) is 0 Å². The second-order valence-electron chi connectivity index (χ2n) is 7.69. The van der Waals surface area contributed by atoms with Crippen molar-refractivity contribution in [2.75, 3.05) is 37.9 Å². The zero-order valence-electron chi connectivity index (χ0n) is 20.2. The van der Waals surface area contributed by atoms with E-state index in [2.05, 4.69) is 10.0 Å². The fraction of sp³-hybridized carbons (Fsp3) is 0.208. The molecule has 0 bridgehead atoms. The van der Waals surface area contributed by atoms with Crippen molar-refractivity contribution in [3.8, 4) is 11.5 Å². The topological polar surface area (TPSA) is 131 Å². The lowest BCUT2D eigenvalue weighted by Gasteiger charge is -2.14. The molecule has 0 aliphatic rings. The maximum absolute atomic E-state index is 12.9. The van der Waals surface area contributed by atoms with E-state index in [1.165, 1.54) is 63.7 Å². The monoisotopic (exact) mass is 533 g/mol. The molecule has 0 unspecified atom stereocenters. The zero-order chi connectivity index (χ0) is 26.5. The number of rotatable bonds is 10. The Labute approximate surface area is 211 Å². The zero-order valence-corrected chi connectivity index (χ0v) is 21.8. The average molecular weight is 534 g/mol. The van der Waals surface area contributed by atoms with Crippen molar-refractivity contribution >= 4 is 37.3 Å². The van der Waals surface area contributed by atoms with Crippen molar-refractivity contribution < 1.29 is 31.1 Å². The second kappa shape index (κ2) is 11.0. The first-order valence-electron chi connectivity index (χ1n) is 10.8. The lowest BCUT2D eigenvalue weighted by Crippen LogP contribution is -2.22. The van der Waals surface area contributed by atoms with E-state index in [1.807, 2.05) is 6.92 Å². The van der Waals surface area contributed by atoms with Gasteiger partial charge in [-0.25, -0.2) is 21.1 Å². The first-order chi connectivity index (χ1) is 17.0. The molecule has 192 valence electrons. The van der Waals surface area contributed by atoms with Crippen molar-refractivity contribution in [2.24, 2.45) is 0 Å². The van der Waals surface area contributed by atoms with Gasteiger partial charge in [0, 0.05) is 25.3 Å². The quantitative estimate of drug-likeness (QED) is 0.408. The number of amides is 1. The fourth-order valence-electron chi connectivity index (χ4n) is 3.14. The average Bonchev–Trinajstić information content (AvgIpc) is 2.85. The van der Waals surface area contributed by atoms with E-state index < -0.39 is 26.0 Å². The molecule has 3 aromatic rings. The SMILES string of the molecule is CCOc1ccc(NS(=O)(=O)c2ccc(OC)c(NC(=O)c3ccc(S(=O)(=O)N(C)C)cc3)c2)cc1. The smallest absolute Gasteiger partial charge is 0.261 e. The van der Waals surface area contributed by atoms with Crippen molar-refractivity contribution in [3.05, 3.63) is 72.3 Å². The summed E-state index contributed by atoms with van der Waals surface area (Å²) in [6.45, 7) is 2.34. The van der Waals surface area contributed by atoms with Crippen LogP contribution in [0.3, 0.4) is 0 Å². The van der Waals surface area contributed by atoms with Gasteiger partial charge in [0.25, 0.3) is 15.9 Å². The minimum atomic E-state index is -3.99. The van der Waals surface area contributed by atoms with Crippen LogP contribution in [-0.2, 0) is 20.0 Å². The molecule has 10 nitrogen and oxygen atoms in total. The maximum atomic E-state index is 12.9. The number of carbonyl (C=O) groups excluding carboxylic acids is 1. The Bertz CT molecular complexity index is 1440.